The molecule has 3 amide bonds. The number of piperazine rings is 1. The number of amides is 3. The highest BCUT2D eigenvalue weighted by Crippen LogP contribution is 2.38. The van der Waals surface area contributed by atoms with E-state index in [0.717, 1.165) is 76.9 Å². The fourth-order valence-electron chi connectivity index (χ4n) is 5.06. The molecule has 2 saturated heterocycles. The van der Waals surface area contributed by atoms with E-state index in [4.69, 9.17) is 5.73 Å². The fraction of sp³-hybridized carbons (Fsp3) is 0.696. The van der Waals surface area contributed by atoms with E-state index in [0.29, 0.717) is 17.1 Å². The molecule has 32 heavy (non-hydrogen) atoms. The number of nitrogens with zero attached hydrogens (tertiary/aromatic N) is 3. The molecule has 0 spiro atoms. The third-order valence-corrected chi connectivity index (χ3v) is 8.26. The number of hydrogen-bond donors (Lipinski definition) is 2. The van der Waals surface area contributed by atoms with Crippen molar-refractivity contribution >= 4 is 34.1 Å². The Morgan fingerprint density at radius 3 is 2.31 bits per heavy atom. The molecule has 9 heteroatoms. The number of anilines is 1. The lowest BCUT2D eigenvalue weighted by molar-refractivity contribution is -0.133. The Morgan fingerprint density at radius 1 is 0.969 bits per heavy atom. The quantitative estimate of drug-likeness (QED) is 0.672. The number of likely N-dealkylation sites (tertiary alicyclic amines) is 1. The van der Waals surface area contributed by atoms with E-state index in [1.54, 1.807) is 0 Å². The minimum atomic E-state index is -0.463. The molecule has 0 aromatic carbocycles. The van der Waals surface area contributed by atoms with Gasteiger partial charge in [-0.05, 0) is 44.6 Å². The molecule has 2 fully saturated rings. The molecule has 0 unspecified atom stereocenters. The smallest absolute Gasteiger partial charge is 0.251 e. The lowest BCUT2D eigenvalue weighted by Gasteiger charge is -2.37. The SMILES string of the molecule is C[C@@H](C(=O)Nc1sc2c(c1C(N)=O)CCC2)N1CCN(CC(=O)N2CCCCCC2)CC1. The van der Waals surface area contributed by atoms with Crippen molar-refractivity contribution in [2.45, 2.75) is 57.9 Å². The number of thiophene rings is 1. The summed E-state index contributed by atoms with van der Waals surface area (Å²) in [7, 11) is 0. The molecule has 176 valence electrons. The molecule has 3 heterocycles. The number of nitrogens with one attached hydrogen (secondary N) is 1. The number of nitrogens with two attached hydrogens (primary N) is 1. The van der Waals surface area contributed by atoms with E-state index in [9.17, 15) is 14.4 Å². The van der Waals surface area contributed by atoms with Gasteiger partial charge in [-0.2, -0.15) is 0 Å². The molecule has 0 saturated carbocycles. The lowest BCUT2D eigenvalue weighted by Crippen LogP contribution is -2.54. The Labute approximate surface area is 194 Å². The van der Waals surface area contributed by atoms with Gasteiger partial charge in [0.2, 0.25) is 11.8 Å². The summed E-state index contributed by atoms with van der Waals surface area (Å²) in [6.07, 6.45) is 7.50. The Bertz CT molecular complexity index is 854. The average molecular weight is 462 g/mol. The van der Waals surface area contributed by atoms with Gasteiger partial charge < -0.3 is 16.0 Å². The number of hydrogen-bond acceptors (Lipinski definition) is 6. The van der Waals surface area contributed by atoms with Crippen LogP contribution in [-0.2, 0) is 22.4 Å². The topological polar surface area (TPSA) is 99.0 Å². The van der Waals surface area contributed by atoms with Gasteiger partial charge in [-0.15, -0.1) is 11.3 Å². The van der Waals surface area contributed by atoms with E-state index >= 15 is 0 Å². The predicted molar refractivity (Wildman–Crippen MR) is 126 cm³/mol. The Kier molecular flexibility index (Phi) is 7.48. The first kappa shape index (κ1) is 23.2. The molecule has 1 aliphatic carbocycles. The zero-order valence-corrected chi connectivity index (χ0v) is 19.8. The molecule has 4 rings (SSSR count). The van der Waals surface area contributed by atoms with Crippen LogP contribution < -0.4 is 11.1 Å². The summed E-state index contributed by atoms with van der Waals surface area (Å²) in [5.41, 5.74) is 7.14. The summed E-state index contributed by atoms with van der Waals surface area (Å²) >= 11 is 1.49. The van der Waals surface area contributed by atoms with Crippen molar-refractivity contribution in [1.29, 1.82) is 0 Å². The molecule has 3 aliphatic rings. The Hall–Kier alpha value is -1.97. The number of primary amides is 1. The van der Waals surface area contributed by atoms with Crippen LogP contribution in [0, 0.1) is 0 Å². The van der Waals surface area contributed by atoms with Crippen molar-refractivity contribution in [3.63, 3.8) is 0 Å². The summed E-state index contributed by atoms with van der Waals surface area (Å²) in [5.74, 6) is -0.340. The number of carbonyl (C=O) groups is 3. The van der Waals surface area contributed by atoms with Crippen molar-refractivity contribution < 1.29 is 14.4 Å². The number of rotatable bonds is 6. The van der Waals surface area contributed by atoms with Gasteiger partial charge in [0.25, 0.3) is 5.91 Å². The first-order chi connectivity index (χ1) is 15.4. The average Bonchev–Trinajstić information content (AvgIpc) is 3.23. The normalized spacial score (nSPS) is 21.1. The van der Waals surface area contributed by atoms with Crippen molar-refractivity contribution in [3.8, 4) is 0 Å². The van der Waals surface area contributed by atoms with Gasteiger partial charge in [0.1, 0.15) is 5.00 Å². The molecular formula is C23H35N5O3S. The summed E-state index contributed by atoms with van der Waals surface area (Å²) in [6.45, 7) is 7.17. The van der Waals surface area contributed by atoms with Crippen LogP contribution in [0.4, 0.5) is 5.00 Å². The second kappa shape index (κ2) is 10.3. The summed E-state index contributed by atoms with van der Waals surface area (Å²) < 4.78 is 0. The minimum Gasteiger partial charge on any atom is -0.365 e. The predicted octanol–water partition coefficient (Wildman–Crippen LogP) is 1.68. The van der Waals surface area contributed by atoms with Gasteiger partial charge in [-0.3, -0.25) is 24.2 Å². The molecule has 0 radical (unpaired) electrons. The molecule has 2 aliphatic heterocycles. The highest BCUT2D eigenvalue weighted by molar-refractivity contribution is 7.17. The van der Waals surface area contributed by atoms with Gasteiger partial charge in [0.05, 0.1) is 18.2 Å². The first-order valence-corrected chi connectivity index (χ1v) is 12.7. The van der Waals surface area contributed by atoms with Crippen LogP contribution in [0.2, 0.25) is 0 Å². The van der Waals surface area contributed by atoms with Crippen LogP contribution in [-0.4, -0.2) is 84.3 Å². The van der Waals surface area contributed by atoms with Crippen molar-refractivity contribution in [3.05, 3.63) is 16.0 Å². The van der Waals surface area contributed by atoms with Gasteiger partial charge >= 0.3 is 0 Å². The van der Waals surface area contributed by atoms with Crippen LogP contribution in [0.5, 0.6) is 0 Å². The summed E-state index contributed by atoms with van der Waals surface area (Å²) in [6, 6.07) is -0.309. The third kappa shape index (κ3) is 5.15. The largest absolute Gasteiger partial charge is 0.365 e. The Morgan fingerprint density at radius 2 is 1.66 bits per heavy atom. The maximum Gasteiger partial charge on any atom is 0.251 e. The lowest BCUT2D eigenvalue weighted by atomic mass is 10.1. The van der Waals surface area contributed by atoms with Crippen LogP contribution in [0.3, 0.4) is 0 Å². The summed E-state index contributed by atoms with van der Waals surface area (Å²) in [5, 5.41) is 3.57. The van der Waals surface area contributed by atoms with E-state index in [2.05, 4.69) is 15.1 Å². The molecule has 8 nitrogen and oxygen atoms in total. The molecule has 1 atom stereocenters. The van der Waals surface area contributed by atoms with E-state index in [1.165, 1.54) is 29.1 Å². The second-order valence-electron chi connectivity index (χ2n) is 9.20. The van der Waals surface area contributed by atoms with Gasteiger partial charge in [0.15, 0.2) is 0 Å². The molecule has 1 aromatic heterocycles. The van der Waals surface area contributed by atoms with E-state index in [-0.39, 0.29) is 17.9 Å². The molecule has 1 aromatic rings. The fourth-order valence-corrected chi connectivity index (χ4v) is 6.35. The molecule has 3 N–H and O–H groups in total. The zero-order valence-electron chi connectivity index (χ0n) is 19.0. The second-order valence-corrected chi connectivity index (χ2v) is 10.3. The summed E-state index contributed by atoms with van der Waals surface area (Å²) in [4.78, 5) is 45.1. The van der Waals surface area contributed by atoms with Crippen LogP contribution in [0.15, 0.2) is 0 Å². The van der Waals surface area contributed by atoms with Gasteiger partial charge in [0, 0.05) is 44.1 Å². The zero-order chi connectivity index (χ0) is 22.7. The van der Waals surface area contributed by atoms with Gasteiger partial charge in [-0.25, -0.2) is 0 Å². The van der Waals surface area contributed by atoms with Crippen LogP contribution >= 0.6 is 11.3 Å². The number of aryl methyl sites for hydroxylation is 1. The van der Waals surface area contributed by atoms with Crippen LogP contribution in [0.25, 0.3) is 0 Å². The molecular weight excluding hydrogens is 426 g/mol. The highest BCUT2D eigenvalue weighted by atomic mass is 32.1. The van der Waals surface area contributed by atoms with Crippen LogP contribution in [0.1, 0.15) is 59.8 Å². The maximum atomic E-state index is 12.9. The first-order valence-electron chi connectivity index (χ1n) is 11.9. The van der Waals surface area contributed by atoms with E-state index in [1.807, 2.05) is 11.8 Å². The minimum absolute atomic E-state index is 0.110. The van der Waals surface area contributed by atoms with Gasteiger partial charge in [-0.1, -0.05) is 12.8 Å². The monoisotopic (exact) mass is 461 g/mol. The standard InChI is InChI=1S/C23H35N5O3S/c1-16(22(31)25-23-20(21(24)30)17-7-6-8-18(17)32-23)27-13-11-26(12-14-27)15-19(29)28-9-4-2-3-5-10-28/h16H,2-15H2,1H3,(H2,24,30)(H,25,31)/t16-/m0/s1. The Balaban J connectivity index is 1.28. The third-order valence-electron chi connectivity index (χ3n) is 7.06. The maximum absolute atomic E-state index is 12.9. The van der Waals surface area contributed by atoms with Crippen molar-refractivity contribution in [2.24, 2.45) is 5.73 Å². The van der Waals surface area contributed by atoms with E-state index < -0.39 is 5.91 Å². The molecule has 0 bridgehead atoms. The van der Waals surface area contributed by atoms with Crippen molar-refractivity contribution in [2.75, 3.05) is 51.1 Å². The van der Waals surface area contributed by atoms with Crippen molar-refractivity contribution in [1.82, 2.24) is 14.7 Å². The highest BCUT2D eigenvalue weighted by Gasteiger charge is 2.30. The number of carbonyl (C=O) groups excluding carboxylic acids is 3. The number of fused-ring (bicyclic) bond motifs is 1.